The van der Waals surface area contributed by atoms with Gasteiger partial charge in [-0.05, 0) is 18.2 Å². The molecule has 2 N–H and O–H groups in total. The molecular weight excluding hydrogens is 420 g/mol. The molecule has 12 heteroatoms. The fourth-order valence-corrected chi connectivity index (χ4v) is 2.81. The van der Waals surface area contributed by atoms with E-state index in [9.17, 15) is 18.0 Å². The zero-order valence-corrected chi connectivity index (χ0v) is 16.4. The molecule has 1 unspecified atom stereocenters. The maximum Gasteiger partial charge on any atom is 0.405 e. The molecule has 3 rings (SSSR count). The van der Waals surface area contributed by atoms with Crippen LogP contribution in [0.2, 0.25) is 0 Å². The van der Waals surface area contributed by atoms with Crippen LogP contribution in [0.1, 0.15) is 10.5 Å². The third-order valence-corrected chi connectivity index (χ3v) is 4.13. The first-order chi connectivity index (χ1) is 12.4. The van der Waals surface area contributed by atoms with Crippen LogP contribution in [-0.2, 0) is 0 Å². The molecule has 2 aromatic heterocycles. The highest BCUT2D eigenvalue weighted by atomic mass is 35.5. The number of hydrogen-bond donors (Lipinski definition) is 2. The summed E-state index contributed by atoms with van der Waals surface area (Å²) in [5.74, 6) is -0.236. The SMILES string of the molecule is Cl.Cl.O=C(NCC(N1CCNCC1)C(F)(F)F)c1cccc(-n2cccn2)n1. The zero-order valence-electron chi connectivity index (χ0n) is 14.7. The third-order valence-electron chi connectivity index (χ3n) is 4.13. The zero-order chi connectivity index (χ0) is 18.6. The Morgan fingerprint density at radius 1 is 1.21 bits per heavy atom. The van der Waals surface area contributed by atoms with Crippen LogP contribution < -0.4 is 10.6 Å². The topological polar surface area (TPSA) is 75.1 Å². The summed E-state index contributed by atoms with van der Waals surface area (Å²) in [4.78, 5) is 17.8. The average molecular weight is 441 g/mol. The van der Waals surface area contributed by atoms with Crippen LogP contribution in [0.5, 0.6) is 0 Å². The second kappa shape index (κ2) is 10.6. The van der Waals surface area contributed by atoms with Crippen LogP contribution in [0.15, 0.2) is 36.7 Å². The first-order valence-corrected chi connectivity index (χ1v) is 8.22. The van der Waals surface area contributed by atoms with Crippen molar-refractivity contribution in [3.8, 4) is 5.82 Å². The lowest BCUT2D eigenvalue weighted by Gasteiger charge is -2.35. The number of amides is 1. The highest BCUT2D eigenvalue weighted by Gasteiger charge is 2.43. The number of piperazine rings is 1. The van der Waals surface area contributed by atoms with Crippen molar-refractivity contribution in [1.82, 2.24) is 30.3 Å². The number of carbonyl (C=O) groups is 1. The third kappa shape index (κ3) is 6.06. The van der Waals surface area contributed by atoms with E-state index in [1.165, 1.54) is 15.6 Å². The first kappa shape index (κ1) is 24.2. The quantitative estimate of drug-likeness (QED) is 0.739. The molecular formula is C16H21Cl2F3N6O. The number of hydrogen-bond acceptors (Lipinski definition) is 5. The van der Waals surface area contributed by atoms with E-state index in [4.69, 9.17) is 0 Å². The number of nitrogens with one attached hydrogen (secondary N) is 2. The van der Waals surface area contributed by atoms with Gasteiger partial charge in [-0.15, -0.1) is 24.8 Å². The van der Waals surface area contributed by atoms with Crippen LogP contribution in [-0.4, -0.2) is 70.5 Å². The molecule has 1 aliphatic rings. The molecule has 2 aromatic rings. The predicted octanol–water partition coefficient (Wildman–Crippen LogP) is 1.68. The molecule has 0 aliphatic carbocycles. The first-order valence-electron chi connectivity index (χ1n) is 8.22. The number of aromatic nitrogens is 3. The maximum atomic E-state index is 13.4. The predicted molar refractivity (Wildman–Crippen MR) is 102 cm³/mol. The number of halogens is 5. The van der Waals surface area contributed by atoms with Crippen LogP contribution in [0, 0.1) is 0 Å². The van der Waals surface area contributed by atoms with Gasteiger partial charge < -0.3 is 10.6 Å². The van der Waals surface area contributed by atoms with E-state index in [0.717, 1.165) is 0 Å². The molecule has 0 bridgehead atoms. The molecule has 0 radical (unpaired) electrons. The lowest BCUT2D eigenvalue weighted by atomic mass is 10.2. The van der Waals surface area contributed by atoms with E-state index < -0.39 is 24.7 Å². The molecule has 0 aromatic carbocycles. The Bertz CT molecular complexity index is 738. The van der Waals surface area contributed by atoms with Crippen molar-refractivity contribution in [3.05, 3.63) is 42.4 Å². The molecule has 1 fully saturated rings. The van der Waals surface area contributed by atoms with Crippen molar-refractivity contribution in [1.29, 1.82) is 0 Å². The van der Waals surface area contributed by atoms with Crippen molar-refractivity contribution >= 4 is 30.7 Å². The molecule has 3 heterocycles. The van der Waals surface area contributed by atoms with Gasteiger partial charge in [0, 0.05) is 45.1 Å². The van der Waals surface area contributed by atoms with Gasteiger partial charge in [0.1, 0.15) is 11.7 Å². The molecule has 1 aliphatic heterocycles. The van der Waals surface area contributed by atoms with Gasteiger partial charge in [-0.1, -0.05) is 6.07 Å². The standard InChI is InChI=1S/C16H19F3N6O.2ClH/c17-16(18,19)13(24-9-6-20-7-10-24)11-21-15(26)12-3-1-4-14(23-12)25-8-2-5-22-25;;/h1-5,8,13,20H,6-7,9-11H2,(H,21,26);2*1H. The van der Waals surface area contributed by atoms with E-state index in [1.54, 1.807) is 30.6 Å². The Labute approximate surface area is 172 Å². The van der Waals surface area contributed by atoms with E-state index in [1.807, 2.05) is 0 Å². The van der Waals surface area contributed by atoms with Crippen LogP contribution in [0.3, 0.4) is 0 Å². The van der Waals surface area contributed by atoms with Gasteiger partial charge in [-0.3, -0.25) is 9.69 Å². The second-order valence-corrected chi connectivity index (χ2v) is 5.89. The summed E-state index contributed by atoms with van der Waals surface area (Å²) in [6.45, 7) is 1.04. The summed E-state index contributed by atoms with van der Waals surface area (Å²) in [6, 6.07) is 4.70. The summed E-state index contributed by atoms with van der Waals surface area (Å²) in [7, 11) is 0. The largest absolute Gasteiger partial charge is 0.405 e. The lowest BCUT2D eigenvalue weighted by Crippen LogP contribution is -2.57. The average Bonchev–Trinajstić information content (AvgIpc) is 3.16. The summed E-state index contributed by atoms with van der Waals surface area (Å²) in [5.41, 5.74) is 0.0410. The number of carbonyl (C=O) groups excluding carboxylic acids is 1. The van der Waals surface area contributed by atoms with Crippen molar-refractivity contribution in [2.75, 3.05) is 32.7 Å². The van der Waals surface area contributed by atoms with Crippen LogP contribution in [0.25, 0.3) is 5.82 Å². The number of rotatable bonds is 5. The fraction of sp³-hybridized carbons (Fsp3) is 0.438. The minimum Gasteiger partial charge on any atom is -0.349 e. The van der Waals surface area contributed by atoms with Gasteiger partial charge in [0.25, 0.3) is 5.91 Å². The van der Waals surface area contributed by atoms with Crippen molar-refractivity contribution in [3.63, 3.8) is 0 Å². The monoisotopic (exact) mass is 440 g/mol. The molecule has 7 nitrogen and oxygen atoms in total. The molecule has 156 valence electrons. The molecule has 0 spiro atoms. The Morgan fingerprint density at radius 3 is 2.54 bits per heavy atom. The van der Waals surface area contributed by atoms with Crippen LogP contribution in [0.4, 0.5) is 13.2 Å². The highest BCUT2D eigenvalue weighted by Crippen LogP contribution is 2.24. The van der Waals surface area contributed by atoms with Crippen molar-refractivity contribution in [2.45, 2.75) is 12.2 Å². The Hall–Kier alpha value is -1.88. The van der Waals surface area contributed by atoms with Crippen molar-refractivity contribution in [2.24, 2.45) is 0 Å². The van der Waals surface area contributed by atoms with Gasteiger partial charge in [0.15, 0.2) is 5.82 Å². The lowest BCUT2D eigenvalue weighted by molar-refractivity contribution is -0.183. The van der Waals surface area contributed by atoms with Gasteiger partial charge >= 0.3 is 6.18 Å². The number of nitrogens with zero attached hydrogens (tertiary/aromatic N) is 4. The summed E-state index contributed by atoms with van der Waals surface area (Å²) in [6.07, 6.45) is -1.20. The molecule has 1 atom stereocenters. The van der Waals surface area contributed by atoms with E-state index in [2.05, 4.69) is 20.7 Å². The molecule has 1 saturated heterocycles. The summed E-state index contributed by atoms with van der Waals surface area (Å²) in [5, 5.41) is 9.39. The summed E-state index contributed by atoms with van der Waals surface area (Å²) < 4.78 is 41.6. The summed E-state index contributed by atoms with van der Waals surface area (Å²) >= 11 is 0. The number of pyridine rings is 1. The smallest absolute Gasteiger partial charge is 0.349 e. The Morgan fingerprint density at radius 2 is 1.93 bits per heavy atom. The molecule has 0 saturated carbocycles. The Balaban J connectivity index is 0.00000196. The normalized spacial score (nSPS) is 15.8. The van der Waals surface area contributed by atoms with E-state index in [-0.39, 0.29) is 43.6 Å². The molecule has 1 amide bonds. The van der Waals surface area contributed by atoms with E-state index >= 15 is 0 Å². The van der Waals surface area contributed by atoms with E-state index in [0.29, 0.717) is 18.9 Å². The molecule has 28 heavy (non-hydrogen) atoms. The van der Waals surface area contributed by atoms with Gasteiger partial charge in [0.2, 0.25) is 0 Å². The maximum absolute atomic E-state index is 13.4. The Kier molecular flexibility index (Phi) is 9.15. The van der Waals surface area contributed by atoms with Crippen LogP contribution >= 0.6 is 24.8 Å². The number of alkyl halides is 3. The van der Waals surface area contributed by atoms with Crippen molar-refractivity contribution < 1.29 is 18.0 Å². The minimum absolute atomic E-state index is 0. The van der Waals surface area contributed by atoms with Gasteiger partial charge in [-0.2, -0.15) is 18.3 Å². The van der Waals surface area contributed by atoms with Gasteiger partial charge in [-0.25, -0.2) is 9.67 Å². The second-order valence-electron chi connectivity index (χ2n) is 5.89. The fourth-order valence-electron chi connectivity index (χ4n) is 2.81. The minimum atomic E-state index is -4.42. The van der Waals surface area contributed by atoms with Gasteiger partial charge in [0.05, 0.1) is 0 Å². The highest BCUT2D eigenvalue weighted by molar-refractivity contribution is 5.92.